The monoisotopic (exact) mass is 815 g/mol. The predicted octanol–water partition coefficient (Wildman–Crippen LogP) is 7.53. The van der Waals surface area contributed by atoms with Gasteiger partial charge < -0.3 is 39.6 Å². The standard InChI is InChI=1S/C46H53N7O7/c1-25(2)40(50-45(56)58-5)43(54)52-17-7-9-36(52)35-22-32(24-47-35)29-11-12-30-20-31-19-27(14-16-38(31)60-39(30)23-29)28-13-15-33-34(21-28)49-42(48-33)37-10-8-18-53(37)44(55)41(26(3)4)51-46(57)59-6/h11-16,19,21,23-26,36-37,40-41H,7-10,17-18,20,22H2,1-6H3,(H,48,49)(H,50,56)(H,51,57)/t36-,37-,40-,41-/m0/s1. The van der Waals surface area contributed by atoms with Gasteiger partial charge in [-0.25, -0.2) is 14.6 Å². The van der Waals surface area contributed by atoms with Crippen LogP contribution >= 0.6 is 0 Å². The average Bonchev–Trinajstić information content (AvgIpc) is 4.09. The van der Waals surface area contributed by atoms with Gasteiger partial charge in [-0.3, -0.25) is 14.6 Å². The first-order valence-corrected chi connectivity index (χ1v) is 20.9. The first kappa shape index (κ1) is 40.6. The van der Waals surface area contributed by atoms with Gasteiger partial charge in [-0.15, -0.1) is 0 Å². The third-order valence-corrected chi connectivity index (χ3v) is 12.2. The number of likely N-dealkylation sites (tertiary alicyclic amines) is 2. The molecule has 0 radical (unpaired) electrons. The summed E-state index contributed by atoms with van der Waals surface area (Å²) < 4.78 is 16.1. The van der Waals surface area contributed by atoms with Crippen molar-refractivity contribution in [3.8, 4) is 22.6 Å². The van der Waals surface area contributed by atoms with Crippen LogP contribution in [-0.4, -0.2) is 94.9 Å². The van der Waals surface area contributed by atoms with Crippen LogP contribution in [0.1, 0.15) is 88.4 Å². The summed E-state index contributed by atoms with van der Waals surface area (Å²) in [6, 6.07) is 17.1. The van der Waals surface area contributed by atoms with Gasteiger partial charge in [0.25, 0.3) is 0 Å². The Kier molecular flexibility index (Phi) is 11.4. The highest BCUT2D eigenvalue weighted by molar-refractivity contribution is 6.04. The van der Waals surface area contributed by atoms with Crippen LogP contribution in [0.5, 0.6) is 11.5 Å². The number of hydrogen-bond donors (Lipinski definition) is 3. The second kappa shape index (κ2) is 16.8. The van der Waals surface area contributed by atoms with Crippen molar-refractivity contribution in [1.82, 2.24) is 30.4 Å². The maximum absolute atomic E-state index is 13.7. The molecule has 4 aromatic rings. The van der Waals surface area contributed by atoms with Gasteiger partial charge in [0.15, 0.2) is 0 Å². The summed E-state index contributed by atoms with van der Waals surface area (Å²) in [6.45, 7) is 8.86. The van der Waals surface area contributed by atoms with Gasteiger partial charge in [-0.1, -0.05) is 52.0 Å². The van der Waals surface area contributed by atoms with E-state index >= 15 is 0 Å². The minimum atomic E-state index is -0.694. The zero-order valence-electron chi connectivity index (χ0n) is 35.0. The van der Waals surface area contributed by atoms with Crippen LogP contribution in [0.15, 0.2) is 65.8 Å². The summed E-state index contributed by atoms with van der Waals surface area (Å²) in [5.74, 6) is 1.92. The number of aromatic amines is 1. The fourth-order valence-corrected chi connectivity index (χ4v) is 8.96. The molecule has 0 saturated carbocycles. The van der Waals surface area contributed by atoms with Crippen LogP contribution in [0.4, 0.5) is 9.59 Å². The fraction of sp³-hybridized carbons (Fsp3) is 0.435. The highest BCUT2D eigenvalue weighted by atomic mass is 16.5. The molecule has 0 unspecified atom stereocenters. The molecule has 4 aliphatic heterocycles. The molecule has 3 N–H and O–H groups in total. The normalized spacial score (nSPS) is 19.3. The highest BCUT2D eigenvalue weighted by Crippen LogP contribution is 2.41. The van der Waals surface area contributed by atoms with Gasteiger partial charge in [0.1, 0.15) is 29.4 Å². The number of carbonyl (C=O) groups excluding carboxylic acids is 4. The van der Waals surface area contributed by atoms with Crippen LogP contribution in [0.3, 0.4) is 0 Å². The number of nitrogens with one attached hydrogen (secondary N) is 3. The minimum absolute atomic E-state index is 0.0947. The Morgan fingerprint density at radius 2 is 1.35 bits per heavy atom. The smallest absolute Gasteiger partial charge is 0.407 e. The molecule has 4 atom stereocenters. The first-order valence-electron chi connectivity index (χ1n) is 20.9. The number of H-pyrrole nitrogens is 1. The lowest BCUT2D eigenvalue weighted by Crippen LogP contribution is -2.53. The Bertz CT molecular complexity index is 2400. The predicted molar refractivity (Wildman–Crippen MR) is 228 cm³/mol. The van der Waals surface area contributed by atoms with Gasteiger partial charge in [0, 0.05) is 37.8 Å². The number of benzene rings is 3. The molecule has 0 spiro atoms. The van der Waals surface area contributed by atoms with Gasteiger partial charge in [-0.05, 0) is 101 Å². The second-order valence-corrected chi connectivity index (χ2v) is 16.8. The van der Waals surface area contributed by atoms with Gasteiger partial charge in [0.2, 0.25) is 11.8 Å². The van der Waals surface area contributed by atoms with Crippen molar-refractivity contribution >= 4 is 46.3 Å². The number of fused-ring (bicyclic) bond motifs is 3. The van der Waals surface area contributed by atoms with Gasteiger partial charge in [0.05, 0.1) is 37.3 Å². The molecule has 14 nitrogen and oxygen atoms in total. The van der Waals surface area contributed by atoms with Gasteiger partial charge in [-0.2, -0.15) is 0 Å². The molecule has 2 saturated heterocycles. The molecule has 4 aliphatic rings. The number of ether oxygens (including phenoxy) is 3. The van der Waals surface area contributed by atoms with Crippen LogP contribution in [0.2, 0.25) is 0 Å². The lowest BCUT2D eigenvalue weighted by molar-refractivity contribution is -0.135. The fourth-order valence-electron chi connectivity index (χ4n) is 8.96. The van der Waals surface area contributed by atoms with E-state index in [0.717, 1.165) is 99.6 Å². The molecule has 0 aliphatic carbocycles. The zero-order chi connectivity index (χ0) is 42.2. The quantitative estimate of drug-likeness (QED) is 0.130. The summed E-state index contributed by atoms with van der Waals surface area (Å²) in [7, 11) is 2.59. The number of nitrogens with zero attached hydrogens (tertiary/aromatic N) is 4. The summed E-state index contributed by atoms with van der Waals surface area (Å²) in [5.41, 5.74) is 9.06. The van der Waals surface area contributed by atoms with Crippen molar-refractivity contribution in [2.75, 3.05) is 27.3 Å². The van der Waals surface area contributed by atoms with E-state index in [0.29, 0.717) is 19.5 Å². The Balaban J connectivity index is 0.934. The summed E-state index contributed by atoms with van der Waals surface area (Å²) in [5, 5.41) is 5.43. The van der Waals surface area contributed by atoms with E-state index in [1.807, 2.05) is 55.8 Å². The first-order chi connectivity index (χ1) is 28.9. The number of alkyl carbamates (subject to hydrolysis) is 2. The zero-order valence-corrected chi connectivity index (χ0v) is 35.0. The van der Waals surface area contributed by atoms with E-state index in [2.05, 4.69) is 58.1 Å². The molecule has 5 heterocycles. The Hall–Kier alpha value is -6.18. The molecule has 3 aromatic carbocycles. The van der Waals surface area contributed by atoms with Crippen LogP contribution in [0, 0.1) is 11.8 Å². The maximum atomic E-state index is 13.7. The maximum Gasteiger partial charge on any atom is 0.407 e. The van der Waals surface area contributed by atoms with Crippen molar-refractivity contribution in [3.63, 3.8) is 0 Å². The van der Waals surface area contributed by atoms with Crippen LogP contribution in [0.25, 0.3) is 27.7 Å². The van der Waals surface area contributed by atoms with E-state index in [9.17, 15) is 19.2 Å². The van der Waals surface area contributed by atoms with Crippen molar-refractivity contribution < 1.29 is 33.4 Å². The van der Waals surface area contributed by atoms with E-state index in [1.165, 1.54) is 14.2 Å². The number of aromatic nitrogens is 2. The molecule has 1 aromatic heterocycles. The van der Waals surface area contributed by atoms with Crippen molar-refractivity contribution in [1.29, 1.82) is 0 Å². The Morgan fingerprint density at radius 3 is 2.02 bits per heavy atom. The number of amides is 4. The molecule has 4 amide bonds. The number of carbonyl (C=O) groups is 4. The van der Waals surface area contributed by atoms with Gasteiger partial charge >= 0.3 is 12.2 Å². The van der Waals surface area contributed by atoms with E-state index < -0.39 is 24.3 Å². The van der Waals surface area contributed by atoms with E-state index in [1.54, 1.807) is 0 Å². The summed E-state index contributed by atoms with van der Waals surface area (Å²) in [6.07, 6.45) is 5.36. The molecule has 8 rings (SSSR count). The number of hydrogen-bond acceptors (Lipinski definition) is 9. The van der Waals surface area contributed by atoms with Crippen molar-refractivity contribution in [2.24, 2.45) is 16.8 Å². The number of methoxy groups -OCH3 is 2. The van der Waals surface area contributed by atoms with Crippen molar-refractivity contribution in [3.05, 3.63) is 83.3 Å². The van der Waals surface area contributed by atoms with Crippen molar-refractivity contribution in [2.45, 2.75) is 90.4 Å². The van der Waals surface area contributed by atoms with E-state index in [-0.39, 0.29) is 35.7 Å². The molecule has 60 heavy (non-hydrogen) atoms. The number of allylic oxidation sites excluding steroid dienone is 1. The molecule has 314 valence electrons. The van der Waals surface area contributed by atoms with Crippen LogP contribution < -0.4 is 15.4 Å². The SMILES string of the molecule is COC(=O)N[C@H](C(=O)N1CCC[C@H]1C1=NC=C(c2ccc3c(c2)Oc2ccc(-c4ccc5nc([C@@H]6CCCN6C(=O)[C@@H](NC(=O)OC)C(C)C)[nH]c5c4)cc2C3)C1)C(C)C. The van der Waals surface area contributed by atoms with E-state index in [4.69, 9.17) is 24.2 Å². The van der Waals surface area contributed by atoms with Crippen LogP contribution in [-0.2, 0) is 25.5 Å². The molecule has 0 bridgehead atoms. The Morgan fingerprint density at radius 1 is 0.733 bits per heavy atom. The summed E-state index contributed by atoms with van der Waals surface area (Å²) in [4.78, 5) is 68.3. The largest absolute Gasteiger partial charge is 0.457 e. The average molecular weight is 816 g/mol. The topological polar surface area (TPSA) is 168 Å². The molecular weight excluding hydrogens is 763 g/mol. The molecule has 14 heteroatoms. The number of imidazole rings is 1. The molecular formula is C46H53N7O7. The second-order valence-electron chi connectivity index (χ2n) is 16.8. The minimum Gasteiger partial charge on any atom is -0.457 e. The highest BCUT2D eigenvalue weighted by Gasteiger charge is 2.40. The third kappa shape index (κ3) is 7.94. The number of rotatable bonds is 10. The lowest BCUT2D eigenvalue weighted by atomic mass is 9.93. The summed E-state index contributed by atoms with van der Waals surface area (Å²) >= 11 is 0. The molecule has 2 fully saturated rings. The third-order valence-electron chi connectivity index (χ3n) is 12.2. The number of aliphatic imine (C=N–C) groups is 1. The lowest BCUT2D eigenvalue weighted by Gasteiger charge is -2.31. The Labute approximate surface area is 349 Å².